The van der Waals surface area contributed by atoms with Crippen molar-refractivity contribution < 1.29 is 0 Å². The third kappa shape index (κ3) is 10.4. The predicted octanol–water partition coefficient (Wildman–Crippen LogP) is 12.0. The van der Waals surface area contributed by atoms with Gasteiger partial charge in [0.2, 0.25) is 0 Å². The number of anilines is 3. The molecule has 18 nitrogen and oxygen atoms in total. The zero-order valence-corrected chi connectivity index (χ0v) is 42.5. The third-order valence-corrected chi connectivity index (χ3v) is 14.9. The molecular formula is C59H58N18. The predicted molar refractivity (Wildman–Crippen MR) is 301 cm³/mol. The minimum atomic E-state index is 0.549. The minimum absolute atomic E-state index is 0.549. The summed E-state index contributed by atoms with van der Waals surface area (Å²) in [6.45, 7) is 0. The van der Waals surface area contributed by atoms with E-state index in [0.717, 1.165) is 102 Å². The van der Waals surface area contributed by atoms with Gasteiger partial charge in [0.15, 0.2) is 0 Å². The fourth-order valence-corrected chi connectivity index (χ4v) is 10.5. The molecule has 18 heteroatoms. The zero-order valence-electron chi connectivity index (χ0n) is 42.5. The van der Waals surface area contributed by atoms with Gasteiger partial charge in [0.1, 0.15) is 34.4 Å². The Morgan fingerprint density at radius 2 is 0.675 bits per heavy atom. The van der Waals surface area contributed by atoms with Gasteiger partial charge in [-0.05, 0) is 118 Å². The molecule has 12 heterocycles. The Balaban J connectivity index is 0.000000110. The summed E-state index contributed by atoms with van der Waals surface area (Å²) < 4.78 is 6.26. The van der Waals surface area contributed by atoms with Gasteiger partial charge in [0, 0.05) is 88.7 Å². The summed E-state index contributed by atoms with van der Waals surface area (Å²) >= 11 is 0. The molecule has 3 aliphatic rings. The van der Waals surface area contributed by atoms with Crippen LogP contribution in [0.1, 0.15) is 70.6 Å². The molecular weight excluding hydrogens is 961 g/mol. The Morgan fingerprint density at radius 1 is 0.351 bits per heavy atom. The zero-order chi connectivity index (χ0) is 51.3. The number of rotatable bonds is 12. The van der Waals surface area contributed by atoms with E-state index < -0.39 is 0 Å². The largest absolute Gasteiger partial charge is 0.367 e. The highest BCUT2D eigenvalue weighted by molar-refractivity contribution is 5.71. The minimum Gasteiger partial charge on any atom is -0.367 e. The second-order valence-corrected chi connectivity index (χ2v) is 20.1. The van der Waals surface area contributed by atoms with E-state index in [-0.39, 0.29) is 0 Å². The summed E-state index contributed by atoms with van der Waals surface area (Å²) in [4.78, 5) is 28.0. The number of H-pyrrole nitrogens is 3. The molecule has 0 bridgehead atoms. The number of imidazole rings is 3. The van der Waals surface area contributed by atoms with Gasteiger partial charge in [0.25, 0.3) is 0 Å². The van der Waals surface area contributed by atoms with Crippen molar-refractivity contribution in [1.29, 1.82) is 0 Å². The van der Waals surface area contributed by atoms with Crippen molar-refractivity contribution in [2.45, 2.75) is 88.8 Å². The Kier molecular flexibility index (Phi) is 13.1. The van der Waals surface area contributed by atoms with Crippen LogP contribution < -0.4 is 16.0 Å². The molecule has 3 fully saturated rings. The van der Waals surface area contributed by atoms with Crippen LogP contribution >= 0.6 is 0 Å². The highest BCUT2D eigenvalue weighted by atomic mass is 15.1. The molecule has 12 aromatic rings. The van der Waals surface area contributed by atoms with Crippen LogP contribution in [0.5, 0.6) is 0 Å². The first kappa shape index (κ1) is 47.3. The van der Waals surface area contributed by atoms with Crippen LogP contribution in [0.15, 0.2) is 165 Å². The maximum absolute atomic E-state index is 4.83. The molecule has 6 N–H and O–H groups in total. The van der Waals surface area contributed by atoms with Crippen LogP contribution in [0.3, 0.4) is 0 Å². The molecule has 12 aromatic heterocycles. The van der Waals surface area contributed by atoms with Crippen molar-refractivity contribution in [3.63, 3.8) is 0 Å². The van der Waals surface area contributed by atoms with Gasteiger partial charge in [-0.2, -0.15) is 15.3 Å². The fourth-order valence-electron chi connectivity index (χ4n) is 10.5. The van der Waals surface area contributed by atoms with Crippen LogP contribution in [-0.4, -0.2) is 91.8 Å². The van der Waals surface area contributed by atoms with E-state index >= 15 is 0 Å². The molecule has 0 unspecified atom stereocenters. The highest BCUT2D eigenvalue weighted by Gasteiger charge is 2.20. The number of hydrogen-bond acceptors (Lipinski definition) is 12. The average Bonchev–Trinajstić information content (AvgIpc) is 4.32. The molecule has 3 aliphatic carbocycles. The molecule has 77 heavy (non-hydrogen) atoms. The fraction of sp³-hybridized carbons (Fsp3) is 0.237. The van der Waals surface area contributed by atoms with E-state index in [9.17, 15) is 0 Å². The van der Waals surface area contributed by atoms with Crippen LogP contribution in [0, 0.1) is 0 Å². The lowest BCUT2D eigenvalue weighted by Gasteiger charge is -2.27. The first-order chi connectivity index (χ1) is 38.1. The van der Waals surface area contributed by atoms with Gasteiger partial charge >= 0.3 is 0 Å². The van der Waals surface area contributed by atoms with Crippen molar-refractivity contribution in [2.24, 2.45) is 0 Å². The SMILES string of the molecule is c1cc(NC2CCC2)nc(-c2cnc3ccc(-c4cn[nH]c4)cn23)c1.c1cc(NC2CCCC2)nc(-c2cnc3ccc(-c4cn[nH]c4)cn23)c1.c1cc(NC2CCCC2)nc(-c2cnc3ccc(-c4cn[nH]c4)cn23)c1. The number of nitrogens with zero attached hydrogens (tertiary/aromatic N) is 12. The lowest BCUT2D eigenvalue weighted by molar-refractivity contribution is 0.444. The lowest BCUT2D eigenvalue weighted by Crippen LogP contribution is -2.27. The topological polar surface area (TPSA) is 213 Å². The van der Waals surface area contributed by atoms with Crippen molar-refractivity contribution >= 4 is 34.4 Å². The number of hydrogen-bond donors (Lipinski definition) is 6. The molecule has 0 atom stereocenters. The molecule has 0 radical (unpaired) electrons. The first-order valence-corrected chi connectivity index (χ1v) is 26.7. The van der Waals surface area contributed by atoms with Gasteiger partial charge < -0.3 is 16.0 Å². The highest BCUT2D eigenvalue weighted by Crippen LogP contribution is 2.30. The van der Waals surface area contributed by atoms with E-state index in [1.54, 1.807) is 0 Å². The Hall–Kier alpha value is -9.45. The second kappa shape index (κ2) is 21.4. The quantitative estimate of drug-likeness (QED) is 0.0675. The van der Waals surface area contributed by atoms with E-state index in [1.807, 2.05) is 116 Å². The van der Waals surface area contributed by atoms with Gasteiger partial charge in [-0.3, -0.25) is 28.5 Å². The second-order valence-electron chi connectivity index (χ2n) is 20.1. The molecule has 0 aliphatic heterocycles. The number of aromatic nitrogens is 15. The van der Waals surface area contributed by atoms with Gasteiger partial charge in [-0.25, -0.2) is 29.9 Å². The van der Waals surface area contributed by atoms with Crippen molar-refractivity contribution in [1.82, 2.24) is 73.7 Å². The molecule has 384 valence electrons. The Bertz CT molecular complexity index is 3700. The van der Waals surface area contributed by atoms with Crippen LogP contribution in [0.25, 0.3) is 84.5 Å². The first-order valence-electron chi connectivity index (χ1n) is 26.7. The third-order valence-electron chi connectivity index (χ3n) is 14.9. The van der Waals surface area contributed by atoms with Crippen molar-refractivity contribution in [3.05, 3.63) is 165 Å². The monoisotopic (exact) mass is 1020 g/mol. The maximum Gasteiger partial charge on any atom is 0.137 e. The van der Waals surface area contributed by atoms with Gasteiger partial charge in [-0.15, -0.1) is 0 Å². The summed E-state index contributed by atoms with van der Waals surface area (Å²) in [6.07, 6.45) is 37.0. The molecule has 0 spiro atoms. The molecule has 15 rings (SSSR count). The summed E-state index contributed by atoms with van der Waals surface area (Å²) in [6, 6.07) is 32.3. The maximum atomic E-state index is 4.83. The summed E-state index contributed by atoms with van der Waals surface area (Å²) in [5.74, 6) is 2.81. The standard InChI is InChI=1S/2C20H20N6.C19H18N6/c2*1-2-5-16(4-1)24-19-7-3-6-17(25-19)18-12-21-20-9-8-14(13-26(18)20)15-10-22-23-11-15;1-3-15(4-1)23-18-6-2-5-16(24-18)17-11-20-19-8-7-13(12-25(17)19)14-9-21-22-10-14/h2*3,6-13,16H,1-2,4-5H2,(H,22,23)(H,24,25);2,5-12,15H,1,3-4H2,(H,21,22)(H,23,24). The summed E-state index contributed by atoms with van der Waals surface area (Å²) in [7, 11) is 0. The average molecular weight is 1020 g/mol. The van der Waals surface area contributed by atoms with Crippen LogP contribution in [0.2, 0.25) is 0 Å². The molecule has 0 amide bonds. The van der Waals surface area contributed by atoms with Crippen molar-refractivity contribution in [2.75, 3.05) is 16.0 Å². The number of pyridine rings is 6. The Morgan fingerprint density at radius 3 is 0.961 bits per heavy atom. The number of aromatic amines is 3. The molecule has 0 aromatic carbocycles. The number of nitrogens with one attached hydrogen (secondary N) is 6. The summed E-state index contributed by atoms with van der Waals surface area (Å²) in [5.41, 5.74) is 14.9. The van der Waals surface area contributed by atoms with E-state index in [4.69, 9.17) is 15.0 Å². The summed E-state index contributed by atoms with van der Waals surface area (Å²) in [5, 5.41) is 31.3. The molecule has 0 saturated heterocycles. The Labute approximate surface area is 444 Å². The smallest absolute Gasteiger partial charge is 0.137 e. The van der Waals surface area contributed by atoms with E-state index in [1.165, 1.54) is 70.6 Å². The van der Waals surface area contributed by atoms with Gasteiger partial charge in [-0.1, -0.05) is 43.9 Å². The van der Waals surface area contributed by atoms with E-state index in [0.29, 0.717) is 18.1 Å². The van der Waals surface area contributed by atoms with Crippen LogP contribution in [0.4, 0.5) is 17.5 Å². The van der Waals surface area contributed by atoms with Gasteiger partial charge in [0.05, 0.1) is 71.3 Å². The normalized spacial score (nSPS) is 14.8. The molecule has 3 saturated carbocycles. The van der Waals surface area contributed by atoms with Crippen molar-refractivity contribution in [3.8, 4) is 67.5 Å². The van der Waals surface area contributed by atoms with E-state index in [2.05, 4.69) is 124 Å². The number of fused-ring (bicyclic) bond motifs is 3. The van der Waals surface area contributed by atoms with Crippen LogP contribution in [-0.2, 0) is 0 Å². The lowest BCUT2D eigenvalue weighted by atomic mass is 9.93.